The number of fused-ring (bicyclic) bond motifs is 1. The maximum absolute atomic E-state index is 10.9. The molecule has 2 fully saturated rings. The second-order valence-corrected chi connectivity index (χ2v) is 9.12. The molecule has 2 unspecified atom stereocenters. The number of hydrogen-bond acceptors (Lipinski definition) is 2. The van der Waals surface area contributed by atoms with Crippen molar-refractivity contribution in [3.05, 3.63) is 114 Å². The Labute approximate surface area is 190 Å². The van der Waals surface area contributed by atoms with Crippen molar-refractivity contribution in [1.29, 1.82) is 0 Å². The minimum atomic E-state index is -0.386. The van der Waals surface area contributed by atoms with Crippen molar-refractivity contribution in [2.45, 2.75) is 25.2 Å². The van der Waals surface area contributed by atoms with Crippen LogP contribution in [-0.4, -0.2) is 10.2 Å². The van der Waals surface area contributed by atoms with Crippen LogP contribution >= 0.6 is 0 Å². The van der Waals surface area contributed by atoms with E-state index in [0.29, 0.717) is 35.2 Å². The molecule has 0 amide bonds. The Morgan fingerprint density at radius 2 is 1.28 bits per heavy atom. The van der Waals surface area contributed by atoms with E-state index in [1.54, 1.807) is 12.1 Å². The number of aromatic hydroxyl groups is 2. The van der Waals surface area contributed by atoms with Gasteiger partial charge in [0.2, 0.25) is 0 Å². The molecule has 2 heteroatoms. The van der Waals surface area contributed by atoms with Gasteiger partial charge in [-0.3, -0.25) is 0 Å². The number of phenolic OH excluding ortho intramolecular Hbond substituents is 2. The summed E-state index contributed by atoms with van der Waals surface area (Å²) in [5.74, 6) is 2.08. The molecule has 2 aliphatic rings. The highest BCUT2D eigenvalue weighted by Gasteiger charge is 2.74. The lowest BCUT2D eigenvalue weighted by Gasteiger charge is -2.28. The van der Waals surface area contributed by atoms with E-state index in [1.807, 2.05) is 42.5 Å². The van der Waals surface area contributed by atoms with Crippen LogP contribution in [0.15, 0.2) is 97.1 Å². The van der Waals surface area contributed by atoms with Crippen LogP contribution in [0.25, 0.3) is 6.08 Å². The monoisotopic (exact) mass is 422 g/mol. The first-order valence-electron chi connectivity index (χ1n) is 11.6. The maximum atomic E-state index is 10.9. The van der Waals surface area contributed by atoms with Crippen LogP contribution in [-0.2, 0) is 5.41 Å². The normalized spacial score (nSPS) is 25.9. The van der Waals surface area contributed by atoms with Gasteiger partial charge in [-0.1, -0.05) is 98.0 Å². The van der Waals surface area contributed by atoms with Gasteiger partial charge in [0.25, 0.3) is 0 Å². The molecule has 0 aromatic heterocycles. The first-order chi connectivity index (χ1) is 15.7. The van der Waals surface area contributed by atoms with Crippen LogP contribution in [0.2, 0.25) is 0 Å². The molecular weight excluding hydrogens is 392 g/mol. The highest BCUT2D eigenvalue weighted by Crippen LogP contribution is 2.76. The van der Waals surface area contributed by atoms with Gasteiger partial charge in [0.05, 0.1) is 0 Å². The van der Waals surface area contributed by atoms with Crippen molar-refractivity contribution in [2.75, 3.05) is 0 Å². The van der Waals surface area contributed by atoms with Crippen LogP contribution in [0, 0.1) is 23.7 Å². The molecule has 32 heavy (non-hydrogen) atoms. The van der Waals surface area contributed by atoms with E-state index in [1.165, 1.54) is 5.56 Å². The topological polar surface area (TPSA) is 40.5 Å². The molecule has 3 aromatic carbocycles. The highest BCUT2D eigenvalue weighted by atomic mass is 16.3. The third-order valence-corrected chi connectivity index (χ3v) is 7.45. The smallest absolute Gasteiger partial charge is 0.119 e. The predicted molar refractivity (Wildman–Crippen MR) is 130 cm³/mol. The SMILES string of the molecule is CC/C=C/C1CC(/C=C/c2ccccc2)[C@H]2[C@H]1C2(c1ccccc1O)c1ccccc1O. The molecule has 5 rings (SSSR count). The number of para-hydroxylation sites is 2. The quantitative estimate of drug-likeness (QED) is 0.422. The minimum Gasteiger partial charge on any atom is -0.508 e. The molecule has 0 spiro atoms. The van der Waals surface area contributed by atoms with Gasteiger partial charge < -0.3 is 10.2 Å². The van der Waals surface area contributed by atoms with Crippen molar-refractivity contribution in [1.82, 2.24) is 0 Å². The number of allylic oxidation sites excluding steroid dienone is 3. The van der Waals surface area contributed by atoms with Crippen LogP contribution < -0.4 is 0 Å². The van der Waals surface area contributed by atoms with Crippen LogP contribution in [0.1, 0.15) is 36.5 Å². The Balaban J connectivity index is 1.64. The highest BCUT2D eigenvalue weighted by molar-refractivity contribution is 5.61. The van der Waals surface area contributed by atoms with Crippen molar-refractivity contribution in [3.8, 4) is 11.5 Å². The predicted octanol–water partition coefficient (Wildman–Crippen LogP) is 6.95. The van der Waals surface area contributed by atoms with Gasteiger partial charge in [0.15, 0.2) is 0 Å². The fourth-order valence-corrected chi connectivity index (χ4v) is 6.27. The van der Waals surface area contributed by atoms with Crippen LogP contribution in [0.4, 0.5) is 0 Å². The van der Waals surface area contributed by atoms with Gasteiger partial charge in [-0.05, 0) is 54.2 Å². The van der Waals surface area contributed by atoms with Gasteiger partial charge >= 0.3 is 0 Å². The summed E-state index contributed by atoms with van der Waals surface area (Å²) in [6.07, 6.45) is 11.3. The van der Waals surface area contributed by atoms with E-state index in [0.717, 1.165) is 24.0 Å². The number of hydrogen-bond donors (Lipinski definition) is 2. The van der Waals surface area contributed by atoms with Crippen LogP contribution in [0.5, 0.6) is 11.5 Å². The molecule has 4 atom stereocenters. The van der Waals surface area contributed by atoms with Gasteiger partial charge in [-0.15, -0.1) is 0 Å². The Kier molecular flexibility index (Phi) is 5.38. The molecular formula is C30H30O2. The Hall–Kier alpha value is -3.26. The summed E-state index contributed by atoms with van der Waals surface area (Å²) in [7, 11) is 0. The van der Waals surface area contributed by atoms with Crippen molar-refractivity contribution < 1.29 is 10.2 Å². The summed E-state index contributed by atoms with van der Waals surface area (Å²) in [6, 6.07) is 25.8. The molecule has 2 aliphatic carbocycles. The summed E-state index contributed by atoms with van der Waals surface area (Å²) in [5, 5.41) is 21.9. The molecule has 0 bridgehead atoms. The first kappa shape index (κ1) is 20.6. The molecule has 3 aromatic rings. The zero-order valence-corrected chi connectivity index (χ0v) is 18.4. The zero-order valence-electron chi connectivity index (χ0n) is 18.4. The van der Waals surface area contributed by atoms with Gasteiger partial charge in [-0.25, -0.2) is 0 Å². The van der Waals surface area contributed by atoms with Crippen molar-refractivity contribution >= 4 is 6.08 Å². The lowest BCUT2D eigenvalue weighted by molar-refractivity contribution is 0.404. The Bertz CT molecular complexity index is 1100. The molecule has 0 saturated heterocycles. The Morgan fingerprint density at radius 3 is 1.84 bits per heavy atom. The van der Waals surface area contributed by atoms with Crippen molar-refractivity contribution in [3.63, 3.8) is 0 Å². The van der Waals surface area contributed by atoms with E-state index >= 15 is 0 Å². The van der Waals surface area contributed by atoms with E-state index in [-0.39, 0.29) is 5.41 Å². The third-order valence-electron chi connectivity index (χ3n) is 7.45. The summed E-state index contributed by atoms with van der Waals surface area (Å²) in [4.78, 5) is 0. The minimum absolute atomic E-state index is 0.314. The second-order valence-electron chi connectivity index (χ2n) is 9.12. The molecule has 0 aliphatic heterocycles. The standard InChI is InChI=1S/C30H30O2/c1-2-3-13-22-20-23(19-18-21-11-5-4-6-12-21)29-28(22)30(29,24-14-7-9-16-26(24)31)25-15-8-10-17-27(25)32/h3-19,22-23,28-29,31-32H,2,20H2,1H3/b13-3+,19-18+/t22?,23?,28-,29-/m0/s1. The van der Waals surface area contributed by atoms with Gasteiger partial charge in [0.1, 0.15) is 11.5 Å². The van der Waals surface area contributed by atoms with E-state index in [4.69, 9.17) is 0 Å². The average molecular weight is 423 g/mol. The molecule has 0 radical (unpaired) electrons. The maximum Gasteiger partial charge on any atom is 0.119 e. The van der Waals surface area contributed by atoms with E-state index in [2.05, 4.69) is 55.5 Å². The summed E-state index contributed by atoms with van der Waals surface area (Å²) < 4.78 is 0. The van der Waals surface area contributed by atoms with E-state index < -0.39 is 0 Å². The summed E-state index contributed by atoms with van der Waals surface area (Å²) in [5.41, 5.74) is 2.69. The molecule has 2 nitrogen and oxygen atoms in total. The Morgan fingerprint density at radius 1 is 0.750 bits per heavy atom. The largest absolute Gasteiger partial charge is 0.508 e. The summed E-state index contributed by atoms with van der Waals surface area (Å²) >= 11 is 0. The third kappa shape index (κ3) is 3.26. The number of benzene rings is 3. The number of rotatable bonds is 6. The number of phenols is 2. The molecule has 2 N–H and O–H groups in total. The van der Waals surface area contributed by atoms with Crippen molar-refractivity contribution in [2.24, 2.45) is 23.7 Å². The van der Waals surface area contributed by atoms with E-state index in [9.17, 15) is 10.2 Å². The molecule has 0 heterocycles. The lowest BCUT2D eigenvalue weighted by Crippen LogP contribution is -2.23. The average Bonchev–Trinajstić information content (AvgIpc) is 3.35. The summed E-state index contributed by atoms with van der Waals surface area (Å²) in [6.45, 7) is 2.17. The fraction of sp³-hybridized carbons (Fsp3) is 0.267. The van der Waals surface area contributed by atoms with Crippen LogP contribution in [0.3, 0.4) is 0 Å². The second kappa shape index (κ2) is 8.35. The lowest BCUT2D eigenvalue weighted by atomic mass is 9.75. The fourth-order valence-electron chi connectivity index (χ4n) is 6.27. The van der Waals surface area contributed by atoms with Gasteiger partial charge in [-0.2, -0.15) is 0 Å². The molecule has 162 valence electrons. The molecule has 2 saturated carbocycles. The van der Waals surface area contributed by atoms with Gasteiger partial charge in [0, 0.05) is 16.5 Å². The first-order valence-corrected chi connectivity index (χ1v) is 11.6. The zero-order chi connectivity index (χ0) is 22.1.